The van der Waals surface area contributed by atoms with Crippen molar-refractivity contribution in [3.05, 3.63) is 71.8 Å². The van der Waals surface area contributed by atoms with Gasteiger partial charge in [-0.2, -0.15) is 10.2 Å². The Labute approximate surface area is 237 Å². The molecular formula is C33H50N4O2. The molecule has 2 aromatic carbocycles. The third-order valence-electron chi connectivity index (χ3n) is 5.65. The van der Waals surface area contributed by atoms with Crippen molar-refractivity contribution in [1.29, 1.82) is 0 Å². The lowest BCUT2D eigenvalue weighted by atomic mass is 10.1. The van der Waals surface area contributed by atoms with Crippen molar-refractivity contribution in [1.82, 2.24) is 19.6 Å². The Morgan fingerprint density at radius 1 is 0.538 bits per heavy atom. The molecule has 2 aliphatic heterocycles. The lowest BCUT2D eigenvalue weighted by molar-refractivity contribution is 0.229. The Morgan fingerprint density at radius 2 is 0.923 bits per heavy atom. The molecule has 0 fully saturated rings. The molecule has 2 aromatic heterocycles. The van der Waals surface area contributed by atoms with Crippen molar-refractivity contribution in [3.63, 3.8) is 0 Å². The maximum absolute atomic E-state index is 5.66. The van der Waals surface area contributed by atoms with Crippen molar-refractivity contribution >= 4 is 0 Å². The lowest BCUT2D eigenvalue weighted by Crippen LogP contribution is -2.14. The summed E-state index contributed by atoms with van der Waals surface area (Å²) in [5, 5.41) is 9.16. The molecule has 0 atom stereocenters. The van der Waals surface area contributed by atoms with E-state index in [2.05, 4.69) is 48.3 Å². The molecule has 0 N–H and O–H groups in total. The van der Waals surface area contributed by atoms with Crippen LogP contribution in [0.5, 0.6) is 11.8 Å². The van der Waals surface area contributed by atoms with Gasteiger partial charge in [0.25, 0.3) is 0 Å². The van der Waals surface area contributed by atoms with Crippen molar-refractivity contribution in [2.45, 2.75) is 88.7 Å². The van der Waals surface area contributed by atoms with E-state index in [9.17, 15) is 0 Å². The summed E-state index contributed by atoms with van der Waals surface area (Å²) in [6, 6.07) is 20.5. The summed E-state index contributed by atoms with van der Waals surface area (Å²) in [6.07, 6.45) is 1.04. The van der Waals surface area contributed by atoms with Crippen molar-refractivity contribution in [3.8, 4) is 34.3 Å². The van der Waals surface area contributed by atoms with E-state index in [1.54, 1.807) is 0 Å². The summed E-state index contributed by atoms with van der Waals surface area (Å²) in [6.45, 7) is 23.5. The van der Waals surface area contributed by atoms with Gasteiger partial charge in [-0.1, -0.05) is 116 Å². The highest BCUT2D eigenvalue weighted by Crippen LogP contribution is 2.32. The molecule has 214 valence electrons. The van der Waals surface area contributed by atoms with E-state index in [4.69, 9.17) is 9.47 Å². The smallest absolute Gasteiger partial charge is 0.215 e. The van der Waals surface area contributed by atoms with Crippen molar-refractivity contribution < 1.29 is 9.47 Å². The fraction of sp³-hybridized carbons (Fsp3) is 0.455. The van der Waals surface area contributed by atoms with Crippen LogP contribution in [0, 0.1) is 13.8 Å². The van der Waals surface area contributed by atoms with E-state index < -0.39 is 0 Å². The van der Waals surface area contributed by atoms with Crippen LogP contribution in [0.1, 0.15) is 72.9 Å². The third-order valence-corrected chi connectivity index (χ3v) is 5.65. The maximum Gasteiger partial charge on any atom is 0.215 e. The molecule has 39 heavy (non-hydrogen) atoms. The van der Waals surface area contributed by atoms with Gasteiger partial charge in [0.05, 0.1) is 24.5 Å². The minimum atomic E-state index is 0.748. The van der Waals surface area contributed by atoms with E-state index in [1.807, 2.05) is 101 Å². The molecule has 0 bridgehead atoms. The Balaban J connectivity index is 0.000000312. The zero-order chi connectivity index (χ0) is 29.2. The first-order valence-corrected chi connectivity index (χ1v) is 14.7. The molecule has 0 unspecified atom stereocenters. The van der Waals surface area contributed by atoms with Crippen LogP contribution in [0.25, 0.3) is 22.5 Å². The number of nitrogens with zero attached hydrogens (tertiary/aromatic N) is 4. The number of hydrogen-bond acceptors (Lipinski definition) is 4. The number of fused-ring (bicyclic) bond motifs is 2. The van der Waals surface area contributed by atoms with Crippen LogP contribution in [-0.4, -0.2) is 32.8 Å². The first-order chi connectivity index (χ1) is 19.2. The van der Waals surface area contributed by atoms with Gasteiger partial charge in [0.2, 0.25) is 11.8 Å². The summed E-state index contributed by atoms with van der Waals surface area (Å²) in [5.74, 6) is 1.86. The second kappa shape index (κ2) is 18.7. The molecule has 2 aliphatic rings. The molecule has 6 rings (SSSR count). The van der Waals surface area contributed by atoms with Gasteiger partial charge in [-0.15, -0.1) is 0 Å². The topological polar surface area (TPSA) is 54.1 Å². The van der Waals surface area contributed by atoms with Crippen molar-refractivity contribution in [2.24, 2.45) is 0 Å². The first-order valence-electron chi connectivity index (χ1n) is 14.7. The monoisotopic (exact) mass is 534 g/mol. The summed E-state index contributed by atoms with van der Waals surface area (Å²) >= 11 is 0. The van der Waals surface area contributed by atoms with Gasteiger partial charge < -0.3 is 9.47 Å². The first kappa shape index (κ1) is 33.5. The summed E-state index contributed by atoms with van der Waals surface area (Å²) in [4.78, 5) is 0. The van der Waals surface area contributed by atoms with Crippen molar-refractivity contribution in [2.75, 3.05) is 13.2 Å². The molecule has 6 nitrogen and oxygen atoms in total. The molecule has 6 heteroatoms. The molecule has 4 heterocycles. The van der Waals surface area contributed by atoms with Gasteiger partial charge in [0.15, 0.2) is 0 Å². The SMILES string of the molecule is CC.CC.CC.CC.Cc1c(-c2ccccc2)nn2c1OCC2.Cc1c(-c2ccccc2)nn2c1OCCC2. The second-order valence-electron chi connectivity index (χ2n) is 7.79. The zero-order valence-corrected chi connectivity index (χ0v) is 25.9. The van der Waals surface area contributed by atoms with Crippen LogP contribution in [0.2, 0.25) is 0 Å². The Morgan fingerprint density at radius 3 is 1.31 bits per heavy atom. The van der Waals surface area contributed by atoms with Crippen LogP contribution < -0.4 is 9.47 Å². The fourth-order valence-corrected chi connectivity index (χ4v) is 4.09. The van der Waals surface area contributed by atoms with Gasteiger partial charge in [0.1, 0.15) is 6.61 Å². The van der Waals surface area contributed by atoms with Gasteiger partial charge in [-0.05, 0) is 13.8 Å². The summed E-state index contributed by atoms with van der Waals surface area (Å²) < 4.78 is 15.1. The molecular weight excluding hydrogens is 484 g/mol. The van der Waals surface area contributed by atoms with Gasteiger partial charge >= 0.3 is 0 Å². The van der Waals surface area contributed by atoms with E-state index in [1.165, 1.54) is 0 Å². The second-order valence-corrected chi connectivity index (χ2v) is 7.79. The normalized spacial score (nSPS) is 11.7. The molecule has 0 spiro atoms. The highest BCUT2D eigenvalue weighted by atomic mass is 16.5. The van der Waals surface area contributed by atoms with Crippen LogP contribution in [0.4, 0.5) is 0 Å². The molecule has 0 amide bonds. The van der Waals surface area contributed by atoms with E-state index in [0.717, 1.165) is 78.1 Å². The minimum absolute atomic E-state index is 0.748. The van der Waals surface area contributed by atoms with E-state index in [-0.39, 0.29) is 0 Å². The van der Waals surface area contributed by atoms with E-state index in [0.29, 0.717) is 0 Å². The number of hydrogen-bond donors (Lipinski definition) is 0. The molecule has 0 saturated carbocycles. The van der Waals surface area contributed by atoms with Gasteiger partial charge in [-0.25, -0.2) is 9.36 Å². The number of benzene rings is 2. The van der Waals surface area contributed by atoms with Crippen LogP contribution >= 0.6 is 0 Å². The highest BCUT2D eigenvalue weighted by molar-refractivity contribution is 5.65. The number of aromatic nitrogens is 4. The Kier molecular flexibility index (Phi) is 16.0. The minimum Gasteiger partial charge on any atom is -0.478 e. The molecule has 0 radical (unpaired) electrons. The van der Waals surface area contributed by atoms with Crippen LogP contribution in [-0.2, 0) is 13.1 Å². The van der Waals surface area contributed by atoms with Gasteiger partial charge in [-0.3, -0.25) is 0 Å². The quantitative estimate of drug-likeness (QED) is 0.257. The van der Waals surface area contributed by atoms with E-state index >= 15 is 0 Å². The number of rotatable bonds is 2. The predicted octanol–water partition coefficient (Wildman–Crippen LogP) is 9.00. The maximum atomic E-state index is 5.66. The Bertz CT molecular complexity index is 1180. The molecule has 4 aromatic rings. The lowest BCUT2D eigenvalue weighted by Gasteiger charge is -2.14. The van der Waals surface area contributed by atoms with Gasteiger partial charge in [0, 0.05) is 35.2 Å². The third kappa shape index (κ3) is 8.47. The van der Waals surface area contributed by atoms with Crippen LogP contribution in [0.3, 0.4) is 0 Å². The molecule has 0 saturated heterocycles. The average molecular weight is 535 g/mol. The predicted molar refractivity (Wildman–Crippen MR) is 166 cm³/mol. The molecule has 0 aliphatic carbocycles. The summed E-state index contributed by atoms with van der Waals surface area (Å²) in [5.41, 5.74) is 6.67. The fourth-order valence-electron chi connectivity index (χ4n) is 4.09. The average Bonchev–Trinajstić information content (AvgIpc) is 3.73. The highest BCUT2D eigenvalue weighted by Gasteiger charge is 2.21. The summed E-state index contributed by atoms with van der Waals surface area (Å²) in [7, 11) is 0. The Hall–Kier alpha value is -3.54. The zero-order valence-electron chi connectivity index (χ0n) is 25.9. The standard InChI is InChI=1S/C13H14N2O.C12H12N2O.4C2H6/c1-10-12(11-6-3-2-4-7-11)14-15-8-5-9-16-13(10)15;1-9-11(10-5-3-2-4-6-10)13-14-7-8-15-12(9)14;4*1-2/h2-4,6-7H,5,8-9H2,1H3;2-6H,7-8H2,1H3;4*1-2H3. The number of ether oxygens (including phenoxy) is 2. The largest absolute Gasteiger partial charge is 0.478 e. The van der Waals surface area contributed by atoms with Crippen LogP contribution in [0.15, 0.2) is 60.7 Å². The number of aryl methyl sites for hydroxylation is 1.